The van der Waals surface area contributed by atoms with Crippen molar-refractivity contribution in [2.75, 3.05) is 13.2 Å². The van der Waals surface area contributed by atoms with Crippen LogP contribution in [-0.4, -0.2) is 49.9 Å². The Morgan fingerprint density at radius 2 is 1.97 bits per heavy atom. The van der Waals surface area contributed by atoms with Crippen molar-refractivity contribution in [3.63, 3.8) is 0 Å². The second kappa shape index (κ2) is 8.62. The van der Waals surface area contributed by atoms with Gasteiger partial charge in [0.2, 0.25) is 5.88 Å². The van der Waals surface area contributed by atoms with E-state index in [1.54, 1.807) is 37.0 Å². The Hall–Kier alpha value is -3.27. The highest BCUT2D eigenvalue weighted by Gasteiger charge is 2.21. The van der Waals surface area contributed by atoms with E-state index in [-0.39, 0.29) is 24.4 Å². The number of hydrogen-bond acceptors (Lipinski definition) is 6. The van der Waals surface area contributed by atoms with Crippen LogP contribution in [0.15, 0.2) is 30.3 Å². The Morgan fingerprint density at radius 3 is 2.70 bits per heavy atom. The van der Waals surface area contributed by atoms with E-state index in [0.29, 0.717) is 36.2 Å². The monoisotopic (exact) mass is 414 g/mol. The molecule has 9 nitrogen and oxygen atoms in total. The molecule has 2 aromatic heterocycles. The molecule has 158 valence electrons. The third-order valence-corrected chi connectivity index (χ3v) is 5.06. The summed E-state index contributed by atoms with van der Waals surface area (Å²) in [6.07, 6.45) is 1.60. The van der Waals surface area contributed by atoms with Crippen LogP contribution < -0.4 is 10.1 Å². The zero-order valence-corrected chi connectivity index (χ0v) is 16.8. The van der Waals surface area contributed by atoms with E-state index in [0.717, 1.165) is 18.4 Å². The maximum absolute atomic E-state index is 13.2. The van der Waals surface area contributed by atoms with E-state index in [2.05, 4.69) is 20.7 Å². The first kappa shape index (κ1) is 20.0. The summed E-state index contributed by atoms with van der Waals surface area (Å²) in [6, 6.07) is 7.73. The van der Waals surface area contributed by atoms with Gasteiger partial charge in [0, 0.05) is 45.0 Å². The molecular formula is C20H23FN6O3. The van der Waals surface area contributed by atoms with Crippen LogP contribution in [0.2, 0.25) is 0 Å². The van der Waals surface area contributed by atoms with Crippen LogP contribution in [0, 0.1) is 5.82 Å². The molecule has 0 atom stereocenters. The van der Waals surface area contributed by atoms with E-state index in [9.17, 15) is 9.18 Å². The smallest absolute Gasteiger partial charge is 0.269 e. The molecule has 1 amide bonds. The van der Waals surface area contributed by atoms with Gasteiger partial charge in [-0.1, -0.05) is 5.21 Å². The third kappa shape index (κ3) is 4.33. The number of aryl methyl sites for hydroxylation is 2. The van der Waals surface area contributed by atoms with Crippen molar-refractivity contribution in [1.82, 2.24) is 30.1 Å². The van der Waals surface area contributed by atoms with Crippen LogP contribution in [0.4, 0.5) is 4.39 Å². The number of benzene rings is 1. The lowest BCUT2D eigenvalue weighted by molar-refractivity contribution is 0.0692. The lowest BCUT2D eigenvalue weighted by atomic mass is 10.1. The standard InChI is InChI=1S/C20H23FN6O3/c1-26-16(20(28)22-15-7-9-29-10-8-15)11-18(24-26)30-12-17-19(23-25-27(17)2)13-3-5-14(21)6-4-13/h3-6,11,15H,7-10,12H2,1-2H3,(H,22,28). The number of aromatic nitrogens is 5. The summed E-state index contributed by atoms with van der Waals surface area (Å²) < 4.78 is 27.4. The highest BCUT2D eigenvalue weighted by atomic mass is 19.1. The van der Waals surface area contributed by atoms with Gasteiger partial charge in [0.05, 0.1) is 0 Å². The average Bonchev–Trinajstić information content (AvgIpc) is 3.30. The van der Waals surface area contributed by atoms with Gasteiger partial charge in [0.25, 0.3) is 5.91 Å². The zero-order valence-electron chi connectivity index (χ0n) is 16.8. The first-order valence-electron chi connectivity index (χ1n) is 9.71. The SMILES string of the molecule is Cn1nc(OCc2c(-c3ccc(F)cc3)nnn2C)cc1C(=O)NC1CCOCC1. The summed E-state index contributed by atoms with van der Waals surface area (Å²) in [7, 11) is 3.45. The normalized spacial score (nSPS) is 14.6. The molecule has 0 unspecified atom stereocenters. The van der Waals surface area contributed by atoms with Crippen LogP contribution in [0.3, 0.4) is 0 Å². The van der Waals surface area contributed by atoms with E-state index >= 15 is 0 Å². The highest BCUT2D eigenvalue weighted by molar-refractivity contribution is 5.93. The van der Waals surface area contributed by atoms with Gasteiger partial charge in [0.1, 0.15) is 29.5 Å². The van der Waals surface area contributed by atoms with Gasteiger partial charge in [-0.3, -0.25) is 9.48 Å². The lowest BCUT2D eigenvalue weighted by Crippen LogP contribution is -2.39. The van der Waals surface area contributed by atoms with E-state index in [1.165, 1.54) is 16.8 Å². The Kier molecular flexibility index (Phi) is 5.75. The van der Waals surface area contributed by atoms with Crippen LogP contribution in [0.5, 0.6) is 5.88 Å². The molecule has 1 aromatic carbocycles. The van der Waals surface area contributed by atoms with Crippen LogP contribution in [0.1, 0.15) is 29.0 Å². The molecule has 0 bridgehead atoms. The lowest BCUT2D eigenvalue weighted by Gasteiger charge is -2.22. The molecule has 3 heterocycles. The number of ether oxygens (including phenoxy) is 2. The van der Waals surface area contributed by atoms with Gasteiger partial charge in [-0.2, -0.15) is 0 Å². The molecule has 0 aliphatic carbocycles. The Morgan fingerprint density at radius 1 is 1.23 bits per heavy atom. The first-order chi connectivity index (χ1) is 14.5. The van der Waals surface area contributed by atoms with Crippen molar-refractivity contribution in [3.8, 4) is 17.1 Å². The first-order valence-corrected chi connectivity index (χ1v) is 9.71. The maximum Gasteiger partial charge on any atom is 0.269 e. The molecule has 0 saturated carbocycles. The van der Waals surface area contributed by atoms with Crippen molar-refractivity contribution in [2.24, 2.45) is 14.1 Å². The van der Waals surface area contributed by atoms with E-state index < -0.39 is 0 Å². The van der Waals surface area contributed by atoms with Gasteiger partial charge >= 0.3 is 0 Å². The zero-order chi connectivity index (χ0) is 21.1. The van der Waals surface area contributed by atoms with Gasteiger partial charge < -0.3 is 14.8 Å². The van der Waals surface area contributed by atoms with Gasteiger partial charge in [-0.05, 0) is 37.1 Å². The van der Waals surface area contributed by atoms with Gasteiger partial charge in [-0.15, -0.1) is 10.2 Å². The number of amides is 1. The second-order valence-corrected chi connectivity index (χ2v) is 7.16. The Bertz CT molecular complexity index is 1020. The van der Waals surface area contributed by atoms with Crippen molar-refractivity contribution in [2.45, 2.75) is 25.5 Å². The fourth-order valence-corrected chi connectivity index (χ4v) is 3.34. The topological polar surface area (TPSA) is 96.1 Å². The van der Waals surface area contributed by atoms with Gasteiger partial charge in [0.15, 0.2) is 0 Å². The summed E-state index contributed by atoms with van der Waals surface area (Å²) >= 11 is 0. The van der Waals surface area contributed by atoms with Crippen molar-refractivity contribution in [1.29, 1.82) is 0 Å². The fraction of sp³-hybridized carbons (Fsp3) is 0.400. The molecule has 0 radical (unpaired) electrons. The van der Waals surface area contributed by atoms with E-state index in [4.69, 9.17) is 9.47 Å². The molecule has 1 fully saturated rings. The molecule has 1 saturated heterocycles. The number of carbonyl (C=O) groups is 1. The minimum atomic E-state index is -0.319. The maximum atomic E-state index is 13.2. The van der Waals surface area contributed by atoms with Crippen molar-refractivity contribution in [3.05, 3.63) is 47.5 Å². The molecule has 3 aromatic rings. The predicted octanol–water partition coefficient (Wildman–Crippen LogP) is 1.84. The molecular weight excluding hydrogens is 391 g/mol. The summed E-state index contributed by atoms with van der Waals surface area (Å²) in [4.78, 5) is 12.6. The minimum Gasteiger partial charge on any atom is -0.470 e. The molecule has 30 heavy (non-hydrogen) atoms. The fourth-order valence-electron chi connectivity index (χ4n) is 3.34. The van der Waals surface area contributed by atoms with Gasteiger partial charge in [-0.25, -0.2) is 9.07 Å². The number of nitrogens with one attached hydrogen (secondary N) is 1. The molecule has 4 rings (SSSR count). The number of hydrogen-bond donors (Lipinski definition) is 1. The van der Waals surface area contributed by atoms with Crippen LogP contribution in [0.25, 0.3) is 11.3 Å². The summed E-state index contributed by atoms with van der Waals surface area (Å²) in [6.45, 7) is 1.45. The number of carbonyl (C=O) groups excluding carboxylic acids is 1. The Labute approximate surface area is 172 Å². The molecule has 1 N–H and O–H groups in total. The highest BCUT2D eigenvalue weighted by Crippen LogP contribution is 2.23. The van der Waals surface area contributed by atoms with E-state index in [1.807, 2.05) is 0 Å². The minimum absolute atomic E-state index is 0.101. The average molecular weight is 414 g/mol. The Balaban J connectivity index is 1.45. The van der Waals surface area contributed by atoms with Crippen molar-refractivity contribution < 1.29 is 18.7 Å². The predicted molar refractivity (Wildman–Crippen MR) is 105 cm³/mol. The summed E-state index contributed by atoms with van der Waals surface area (Å²) in [5.74, 6) is -0.192. The molecule has 1 aliphatic rings. The summed E-state index contributed by atoms with van der Waals surface area (Å²) in [5.41, 5.74) is 2.46. The number of rotatable bonds is 6. The van der Waals surface area contributed by atoms with Crippen LogP contribution in [-0.2, 0) is 25.4 Å². The summed E-state index contributed by atoms with van der Waals surface area (Å²) in [5, 5.41) is 15.5. The molecule has 10 heteroatoms. The molecule has 1 aliphatic heterocycles. The number of nitrogens with zero attached hydrogens (tertiary/aromatic N) is 5. The second-order valence-electron chi connectivity index (χ2n) is 7.16. The van der Waals surface area contributed by atoms with Crippen LogP contribution >= 0.6 is 0 Å². The van der Waals surface area contributed by atoms with Crippen molar-refractivity contribution >= 4 is 5.91 Å². The largest absolute Gasteiger partial charge is 0.470 e. The third-order valence-electron chi connectivity index (χ3n) is 5.06. The quantitative estimate of drug-likeness (QED) is 0.661. The molecule has 0 spiro atoms. The number of halogens is 1.